The van der Waals surface area contributed by atoms with Crippen LogP contribution in [0.2, 0.25) is 0 Å². The molecule has 1 atom stereocenters. The SMILES string of the molecule is NC(=O)C1CN(C(=O)CCBr)c2ccccc2O1. The van der Waals surface area contributed by atoms with Gasteiger partial charge in [0.05, 0.1) is 12.2 Å². The normalized spacial score (nSPS) is 17.8. The molecule has 6 heteroatoms. The zero-order valence-corrected chi connectivity index (χ0v) is 11.2. The van der Waals surface area contributed by atoms with Crippen LogP contribution in [0, 0.1) is 0 Å². The van der Waals surface area contributed by atoms with Gasteiger partial charge in [-0.15, -0.1) is 0 Å². The van der Waals surface area contributed by atoms with Gasteiger partial charge in [0, 0.05) is 11.8 Å². The van der Waals surface area contributed by atoms with E-state index in [1.165, 1.54) is 0 Å². The molecule has 0 radical (unpaired) electrons. The van der Waals surface area contributed by atoms with Crippen molar-refractivity contribution in [3.8, 4) is 5.75 Å². The van der Waals surface area contributed by atoms with Crippen LogP contribution >= 0.6 is 15.9 Å². The lowest BCUT2D eigenvalue weighted by atomic mass is 10.1. The van der Waals surface area contributed by atoms with Crippen molar-refractivity contribution in [2.75, 3.05) is 16.8 Å². The molecule has 96 valence electrons. The van der Waals surface area contributed by atoms with E-state index in [1.54, 1.807) is 23.1 Å². The number of nitrogens with zero attached hydrogens (tertiary/aromatic N) is 1. The summed E-state index contributed by atoms with van der Waals surface area (Å²) in [6.07, 6.45) is -0.432. The minimum atomic E-state index is -0.792. The fourth-order valence-electron chi connectivity index (χ4n) is 1.83. The molecular formula is C12H13BrN2O3. The van der Waals surface area contributed by atoms with E-state index in [-0.39, 0.29) is 12.5 Å². The molecule has 0 bridgehead atoms. The molecule has 1 aromatic carbocycles. The summed E-state index contributed by atoms with van der Waals surface area (Å²) in [5, 5.41) is 0.576. The molecule has 0 saturated heterocycles. The van der Waals surface area contributed by atoms with Crippen LogP contribution in [0.5, 0.6) is 5.75 Å². The molecule has 1 aliphatic heterocycles. The van der Waals surface area contributed by atoms with Crippen molar-refractivity contribution in [2.45, 2.75) is 12.5 Å². The van der Waals surface area contributed by atoms with Crippen LogP contribution in [0.1, 0.15) is 6.42 Å². The van der Waals surface area contributed by atoms with Crippen LogP contribution in [-0.2, 0) is 9.59 Å². The Bertz CT molecular complexity index is 478. The van der Waals surface area contributed by atoms with Gasteiger partial charge in [-0.25, -0.2) is 0 Å². The average Bonchev–Trinajstić information content (AvgIpc) is 2.37. The Morgan fingerprint density at radius 1 is 1.44 bits per heavy atom. The first-order chi connectivity index (χ1) is 8.63. The highest BCUT2D eigenvalue weighted by Gasteiger charge is 2.31. The van der Waals surface area contributed by atoms with Crippen LogP contribution in [-0.4, -0.2) is 29.8 Å². The van der Waals surface area contributed by atoms with Crippen molar-refractivity contribution in [1.82, 2.24) is 0 Å². The molecule has 0 aromatic heterocycles. The fraction of sp³-hybridized carbons (Fsp3) is 0.333. The summed E-state index contributed by atoms with van der Waals surface area (Å²) < 4.78 is 5.47. The standard InChI is InChI=1S/C12H13BrN2O3/c13-6-5-11(16)15-7-10(12(14)17)18-9-4-2-1-3-8(9)15/h1-4,10H,5-7H2,(H2,14,17). The zero-order chi connectivity index (χ0) is 13.1. The summed E-state index contributed by atoms with van der Waals surface area (Å²) >= 11 is 3.23. The number of ether oxygens (including phenoxy) is 1. The quantitative estimate of drug-likeness (QED) is 0.848. The first kappa shape index (κ1) is 12.9. The second-order valence-electron chi connectivity index (χ2n) is 3.92. The number of carbonyl (C=O) groups excluding carboxylic acids is 2. The molecule has 1 unspecified atom stereocenters. The van der Waals surface area contributed by atoms with Gasteiger partial charge in [-0.3, -0.25) is 9.59 Å². The molecule has 18 heavy (non-hydrogen) atoms. The lowest BCUT2D eigenvalue weighted by molar-refractivity contribution is -0.125. The summed E-state index contributed by atoms with van der Waals surface area (Å²) in [4.78, 5) is 24.8. The van der Waals surface area contributed by atoms with Gasteiger partial charge in [-0.1, -0.05) is 28.1 Å². The Morgan fingerprint density at radius 2 is 2.17 bits per heavy atom. The van der Waals surface area contributed by atoms with Crippen LogP contribution < -0.4 is 15.4 Å². The van der Waals surface area contributed by atoms with Crippen LogP contribution in [0.15, 0.2) is 24.3 Å². The van der Waals surface area contributed by atoms with Gasteiger partial charge in [-0.2, -0.15) is 0 Å². The third-order valence-electron chi connectivity index (χ3n) is 2.70. The van der Waals surface area contributed by atoms with Gasteiger partial charge in [0.15, 0.2) is 6.10 Å². The zero-order valence-electron chi connectivity index (χ0n) is 9.64. The van der Waals surface area contributed by atoms with Gasteiger partial charge >= 0.3 is 0 Å². The fourth-order valence-corrected chi connectivity index (χ4v) is 2.17. The van der Waals surface area contributed by atoms with Gasteiger partial charge in [0.1, 0.15) is 5.75 Å². The number of hydrogen-bond acceptors (Lipinski definition) is 3. The van der Waals surface area contributed by atoms with E-state index >= 15 is 0 Å². The lowest BCUT2D eigenvalue weighted by Crippen LogP contribution is -2.49. The van der Waals surface area contributed by atoms with Gasteiger partial charge < -0.3 is 15.4 Å². The molecular weight excluding hydrogens is 300 g/mol. The Hall–Kier alpha value is -1.56. The van der Waals surface area contributed by atoms with Crippen molar-refractivity contribution < 1.29 is 14.3 Å². The minimum Gasteiger partial charge on any atom is -0.477 e. The summed E-state index contributed by atoms with van der Waals surface area (Å²) in [6, 6.07) is 7.12. The van der Waals surface area contributed by atoms with Gasteiger partial charge in [-0.05, 0) is 12.1 Å². The number of halogens is 1. The molecule has 1 aromatic rings. The van der Waals surface area contributed by atoms with Crippen LogP contribution in [0.4, 0.5) is 5.69 Å². The molecule has 5 nitrogen and oxygen atoms in total. The highest BCUT2D eigenvalue weighted by atomic mass is 79.9. The third-order valence-corrected chi connectivity index (χ3v) is 3.10. The number of fused-ring (bicyclic) bond motifs is 1. The monoisotopic (exact) mass is 312 g/mol. The third kappa shape index (κ3) is 2.48. The number of amides is 2. The maximum absolute atomic E-state index is 12.0. The molecule has 1 aliphatic rings. The Kier molecular flexibility index (Phi) is 3.86. The van der Waals surface area contributed by atoms with E-state index in [2.05, 4.69) is 15.9 Å². The number of benzene rings is 1. The molecule has 2 N–H and O–H groups in total. The predicted molar refractivity (Wildman–Crippen MR) is 70.8 cm³/mol. The van der Waals surface area contributed by atoms with Crippen molar-refractivity contribution in [3.63, 3.8) is 0 Å². The number of rotatable bonds is 3. The molecule has 2 amide bonds. The number of alkyl halides is 1. The van der Waals surface area contributed by atoms with Crippen LogP contribution in [0.25, 0.3) is 0 Å². The Morgan fingerprint density at radius 3 is 2.83 bits per heavy atom. The summed E-state index contributed by atoms with van der Waals surface area (Å²) in [5.74, 6) is -0.120. The van der Waals surface area contributed by atoms with E-state index in [0.29, 0.717) is 23.2 Å². The van der Waals surface area contributed by atoms with E-state index in [4.69, 9.17) is 10.5 Å². The summed E-state index contributed by atoms with van der Waals surface area (Å²) in [6.45, 7) is 0.165. The first-order valence-corrected chi connectivity index (χ1v) is 6.67. The molecule has 0 saturated carbocycles. The van der Waals surface area contributed by atoms with Crippen LogP contribution in [0.3, 0.4) is 0 Å². The molecule has 1 heterocycles. The maximum atomic E-state index is 12.0. The van der Waals surface area contributed by atoms with E-state index < -0.39 is 12.0 Å². The summed E-state index contributed by atoms with van der Waals surface area (Å²) in [5.41, 5.74) is 5.93. The minimum absolute atomic E-state index is 0.0612. The molecule has 2 rings (SSSR count). The van der Waals surface area contributed by atoms with Crippen molar-refractivity contribution in [2.24, 2.45) is 5.73 Å². The van der Waals surface area contributed by atoms with E-state index in [0.717, 1.165) is 0 Å². The maximum Gasteiger partial charge on any atom is 0.260 e. The second kappa shape index (κ2) is 5.39. The first-order valence-electron chi connectivity index (χ1n) is 5.55. The lowest BCUT2D eigenvalue weighted by Gasteiger charge is -2.33. The highest BCUT2D eigenvalue weighted by Crippen LogP contribution is 2.33. The number of primary amides is 1. The Balaban J connectivity index is 2.33. The molecule has 0 fully saturated rings. The highest BCUT2D eigenvalue weighted by molar-refractivity contribution is 9.09. The largest absolute Gasteiger partial charge is 0.477 e. The van der Waals surface area contributed by atoms with Gasteiger partial charge in [0.25, 0.3) is 5.91 Å². The number of anilines is 1. The predicted octanol–water partition coefficient (Wildman–Crippen LogP) is 1.05. The smallest absolute Gasteiger partial charge is 0.260 e. The average molecular weight is 313 g/mol. The molecule has 0 spiro atoms. The second-order valence-corrected chi connectivity index (χ2v) is 4.71. The Labute approximate surface area is 113 Å². The van der Waals surface area contributed by atoms with E-state index in [9.17, 15) is 9.59 Å². The number of nitrogens with two attached hydrogens (primary N) is 1. The van der Waals surface area contributed by atoms with Crippen molar-refractivity contribution in [3.05, 3.63) is 24.3 Å². The number of hydrogen-bond donors (Lipinski definition) is 1. The number of carbonyl (C=O) groups is 2. The summed E-state index contributed by atoms with van der Waals surface area (Å²) in [7, 11) is 0. The van der Waals surface area contributed by atoms with E-state index in [1.807, 2.05) is 6.07 Å². The topological polar surface area (TPSA) is 72.6 Å². The molecule has 0 aliphatic carbocycles. The van der Waals surface area contributed by atoms with Crippen molar-refractivity contribution >= 4 is 33.4 Å². The number of para-hydroxylation sites is 2. The van der Waals surface area contributed by atoms with Crippen molar-refractivity contribution in [1.29, 1.82) is 0 Å². The van der Waals surface area contributed by atoms with Gasteiger partial charge in [0.2, 0.25) is 5.91 Å².